The summed E-state index contributed by atoms with van der Waals surface area (Å²) in [5, 5.41) is 7.43. The van der Waals surface area contributed by atoms with Gasteiger partial charge in [0.05, 0.1) is 28.3 Å². The number of amides is 1. The second-order valence-corrected chi connectivity index (χ2v) is 9.67. The molecule has 9 nitrogen and oxygen atoms in total. The molecule has 12 heteroatoms. The van der Waals surface area contributed by atoms with Crippen molar-refractivity contribution in [1.82, 2.24) is 14.8 Å². The SMILES string of the molecule is Cc1nn(C2CCS(=O)(=O)C2)c(Cl)c1/C=C/C(=O)OCC(=O)Nc1ccc(Cl)cn1. The van der Waals surface area contributed by atoms with Crippen LogP contribution >= 0.6 is 23.2 Å². The minimum atomic E-state index is -3.09. The van der Waals surface area contributed by atoms with Crippen LogP contribution in [0.4, 0.5) is 5.82 Å². The Morgan fingerprint density at radius 1 is 1.37 bits per heavy atom. The molecule has 1 N–H and O–H groups in total. The van der Waals surface area contributed by atoms with Gasteiger partial charge in [-0.25, -0.2) is 22.9 Å². The topological polar surface area (TPSA) is 120 Å². The molecule has 0 spiro atoms. The Labute approximate surface area is 182 Å². The molecule has 1 atom stereocenters. The van der Waals surface area contributed by atoms with Crippen molar-refractivity contribution in [2.24, 2.45) is 0 Å². The molecule has 1 aliphatic rings. The lowest BCUT2D eigenvalue weighted by Crippen LogP contribution is -2.20. The summed E-state index contributed by atoms with van der Waals surface area (Å²) >= 11 is 12.1. The molecule has 1 amide bonds. The van der Waals surface area contributed by atoms with Gasteiger partial charge < -0.3 is 10.1 Å². The van der Waals surface area contributed by atoms with Gasteiger partial charge in [0, 0.05) is 17.8 Å². The molecule has 1 fully saturated rings. The lowest BCUT2D eigenvalue weighted by molar-refractivity contribution is -0.142. The van der Waals surface area contributed by atoms with Crippen LogP contribution in [0, 0.1) is 6.92 Å². The zero-order chi connectivity index (χ0) is 21.9. The van der Waals surface area contributed by atoms with Gasteiger partial charge in [-0.15, -0.1) is 0 Å². The minimum absolute atomic E-state index is 0.0172. The molecule has 1 unspecified atom stereocenters. The van der Waals surface area contributed by atoms with E-state index in [1.54, 1.807) is 13.0 Å². The van der Waals surface area contributed by atoms with Gasteiger partial charge in [-0.2, -0.15) is 5.10 Å². The van der Waals surface area contributed by atoms with E-state index in [-0.39, 0.29) is 28.5 Å². The maximum atomic E-state index is 11.9. The van der Waals surface area contributed by atoms with E-state index in [0.717, 1.165) is 6.08 Å². The summed E-state index contributed by atoms with van der Waals surface area (Å²) in [5.41, 5.74) is 1.02. The molecule has 1 aliphatic heterocycles. The van der Waals surface area contributed by atoms with Crippen LogP contribution < -0.4 is 5.32 Å². The van der Waals surface area contributed by atoms with Gasteiger partial charge in [0.1, 0.15) is 11.0 Å². The number of carbonyl (C=O) groups is 2. The Balaban J connectivity index is 1.57. The first-order chi connectivity index (χ1) is 14.1. The summed E-state index contributed by atoms with van der Waals surface area (Å²) in [5.74, 6) is -0.953. The molecule has 0 aromatic carbocycles. The number of aromatic nitrogens is 3. The number of nitrogens with one attached hydrogen (secondary N) is 1. The highest BCUT2D eigenvalue weighted by molar-refractivity contribution is 7.91. The van der Waals surface area contributed by atoms with Crippen molar-refractivity contribution in [3.63, 3.8) is 0 Å². The van der Waals surface area contributed by atoms with Gasteiger partial charge >= 0.3 is 5.97 Å². The average molecular weight is 473 g/mol. The average Bonchev–Trinajstić information content (AvgIpc) is 3.18. The van der Waals surface area contributed by atoms with E-state index >= 15 is 0 Å². The van der Waals surface area contributed by atoms with Crippen molar-refractivity contribution in [2.75, 3.05) is 23.4 Å². The summed E-state index contributed by atoms with van der Waals surface area (Å²) in [6, 6.07) is 2.74. The summed E-state index contributed by atoms with van der Waals surface area (Å²) in [6.07, 6.45) is 4.36. The van der Waals surface area contributed by atoms with E-state index in [4.69, 9.17) is 27.9 Å². The largest absolute Gasteiger partial charge is 0.452 e. The predicted molar refractivity (Wildman–Crippen MR) is 112 cm³/mol. The zero-order valence-corrected chi connectivity index (χ0v) is 18.2. The molecule has 2 aromatic heterocycles. The monoisotopic (exact) mass is 472 g/mol. The van der Waals surface area contributed by atoms with Crippen LogP contribution in [0.2, 0.25) is 10.2 Å². The molecular formula is C18H18Cl2N4O5S. The van der Waals surface area contributed by atoms with E-state index in [1.807, 2.05) is 0 Å². The number of ether oxygens (including phenoxy) is 1. The third-order valence-electron chi connectivity index (χ3n) is 4.35. The fraction of sp³-hybridized carbons (Fsp3) is 0.333. The van der Waals surface area contributed by atoms with Crippen molar-refractivity contribution in [1.29, 1.82) is 0 Å². The van der Waals surface area contributed by atoms with Crippen LogP contribution in [0.5, 0.6) is 0 Å². The first kappa shape index (κ1) is 22.3. The van der Waals surface area contributed by atoms with Gasteiger partial charge in [-0.1, -0.05) is 23.2 Å². The van der Waals surface area contributed by atoms with Crippen LogP contribution in [0.1, 0.15) is 23.7 Å². The predicted octanol–water partition coefficient (Wildman–Crippen LogP) is 2.45. The van der Waals surface area contributed by atoms with Crippen LogP contribution in [-0.4, -0.2) is 53.2 Å². The molecule has 3 rings (SSSR count). The van der Waals surface area contributed by atoms with Crippen LogP contribution in [0.25, 0.3) is 6.08 Å². The highest BCUT2D eigenvalue weighted by atomic mass is 35.5. The fourth-order valence-electron chi connectivity index (χ4n) is 2.90. The van der Waals surface area contributed by atoms with Crippen molar-refractivity contribution in [2.45, 2.75) is 19.4 Å². The minimum Gasteiger partial charge on any atom is -0.452 e. The Bertz CT molecular complexity index is 1100. The first-order valence-electron chi connectivity index (χ1n) is 8.86. The van der Waals surface area contributed by atoms with Crippen molar-refractivity contribution in [3.05, 3.63) is 45.8 Å². The third kappa shape index (κ3) is 5.59. The van der Waals surface area contributed by atoms with E-state index in [9.17, 15) is 18.0 Å². The Kier molecular flexibility index (Phi) is 6.79. The number of halogens is 2. The lowest BCUT2D eigenvalue weighted by Gasteiger charge is -2.09. The molecular weight excluding hydrogens is 455 g/mol. The normalized spacial score (nSPS) is 17.9. The number of aryl methyl sites for hydroxylation is 1. The Hall–Kier alpha value is -2.43. The number of hydrogen-bond donors (Lipinski definition) is 1. The maximum Gasteiger partial charge on any atom is 0.331 e. The van der Waals surface area contributed by atoms with E-state index < -0.39 is 28.3 Å². The van der Waals surface area contributed by atoms with E-state index in [0.29, 0.717) is 22.7 Å². The third-order valence-corrected chi connectivity index (χ3v) is 6.70. The van der Waals surface area contributed by atoms with Gasteiger partial charge in [0.2, 0.25) is 0 Å². The second-order valence-electron chi connectivity index (χ2n) is 6.64. The number of esters is 1. The molecule has 0 saturated carbocycles. The number of nitrogens with zero attached hydrogens (tertiary/aromatic N) is 3. The van der Waals surface area contributed by atoms with Crippen molar-refractivity contribution >= 4 is 56.8 Å². The van der Waals surface area contributed by atoms with Crippen LogP contribution in [0.3, 0.4) is 0 Å². The highest BCUT2D eigenvalue weighted by Crippen LogP contribution is 2.30. The summed E-state index contributed by atoms with van der Waals surface area (Å²) < 4.78 is 29.7. The van der Waals surface area contributed by atoms with Crippen molar-refractivity contribution < 1.29 is 22.7 Å². The summed E-state index contributed by atoms with van der Waals surface area (Å²) in [7, 11) is -3.09. The van der Waals surface area contributed by atoms with Crippen molar-refractivity contribution in [3.8, 4) is 0 Å². The maximum absolute atomic E-state index is 11.9. The number of anilines is 1. The van der Waals surface area contributed by atoms with Gasteiger partial charge in [-0.05, 0) is 31.6 Å². The van der Waals surface area contributed by atoms with Crippen LogP contribution in [0.15, 0.2) is 24.4 Å². The molecule has 0 bridgehead atoms. The van der Waals surface area contributed by atoms with E-state index in [2.05, 4.69) is 15.4 Å². The van der Waals surface area contributed by atoms with Crippen LogP contribution in [-0.2, 0) is 24.2 Å². The number of hydrogen-bond acceptors (Lipinski definition) is 7. The number of sulfone groups is 1. The van der Waals surface area contributed by atoms with E-state index in [1.165, 1.54) is 23.0 Å². The molecule has 2 aromatic rings. The molecule has 0 aliphatic carbocycles. The standard InChI is InChI=1S/C18H18Cl2N4O5S/c1-11-14(18(20)24(23-11)13-6-7-30(27,28)10-13)3-5-17(26)29-9-16(25)22-15-4-2-12(19)8-21-15/h2-5,8,13H,6-7,9-10H2,1H3,(H,21,22,25)/b5-3+. The molecule has 1 saturated heterocycles. The zero-order valence-electron chi connectivity index (χ0n) is 15.8. The Morgan fingerprint density at radius 3 is 2.77 bits per heavy atom. The smallest absolute Gasteiger partial charge is 0.331 e. The second kappa shape index (κ2) is 9.15. The molecule has 30 heavy (non-hydrogen) atoms. The molecule has 3 heterocycles. The number of rotatable bonds is 6. The summed E-state index contributed by atoms with van der Waals surface area (Å²) in [4.78, 5) is 27.6. The van der Waals surface area contributed by atoms with Gasteiger partial charge in [-0.3, -0.25) is 4.79 Å². The quantitative estimate of drug-likeness (QED) is 0.506. The van der Waals surface area contributed by atoms with Gasteiger partial charge in [0.15, 0.2) is 16.4 Å². The van der Waals surface area contributed by atoms with Gasteiger partial charge in [0.25, 0.3) is 5.91 Å². The highest BCUT2D eigenvalue weighted by Gasteiger charge is 2.31. The Morgan fingerprint density at radius 2 is 2.13 bits per heavy atom. The lowest BCUT2D eigenvalue weighted by atomic mass is 10.2. The fourth-order valence-corrected chi connectivity index (χ4v) is 5.08. The number of pyridine rings is 1. The first-order valence-corrected chi connectivity index (χ1v) is 11.4. The summed E-state index contributed by atoms with van der Waals surface area (Å²) in [6.45, 7) is 1.20. The molecule has 160 valence electrons. The molecule has 0 radical (unpaired) electrons. The number of carbonyl (C=O) groups excluding carboxylic acids is 2.